The van der Waals surface area contributed by atoms with Crippen LogP contribution in [0.1, 0.15) is 21.5 Å². The quantitative estimate of drug-likeness (QED) is 0.938. The molecule has 0 fully saturated rings. The van der Waals surface area contributed by atoms with Crippen molar-refractivity contribution < 1.29 is 14.7 Å². The molecule has 1 amide bonds. The van der Waals surface area contributed by atoms with Gasteiger partial charge in [0.05, 0.1) is 12.0 Å². The highest BCUT2D eigenvalue weighted by Crippen LogP contribution is 2.16. The van der Waals surface area contributed by atoms with Gasteiger partial charge in [0.25, 0.3) is 0 Å². The van der Waals surface area contributed by atoms with Gasteiger partial charge >= 0.3 is 5.97 Å². The minimum absolute atomic E-state index is 0.0624. The van der Waals surface area contributed by atoms with Crippen molar-refractivity contribution >= 4 is 17.6 Å². The summed E-state index contributed by atoms with van der Waals surface area (Å²) in [5, 5.41) is 9.14. The van der Waals surface area contributed by atoms with E-state index in [2.05, 4.69) is 0 Å². The summed E-state index contributed by atoms with van der Waals surface area (Å²) in [6.45, 7) is 1.98. The molecule has 108 valence electrons. The normalized spacial score (nSPS) is 10.2. The molecular weight excluding hydrogens is 266 g/mol. The van der Waals surface area contributed by atoms with Crippen LogP contribution in [0.15, 0.2) is 48.5 Å². The molecule has 0 aliphatic rings. The highest BCUT2D eigenvalue weighted by atomic mass is 16.4. The van der Waals surface area contributed by atoms with E-state index in [9.17, 15) is 9.59 Å². The van der Waals surface area contributed by atoms with Crippen LogP contribution in [0.5, 0.6) is 0 Å². The van der Waals surface area contributed by atoms with Crippen molar-refractivity contribution in [1.82, 2.24) is 0 Å². The van der Waals surface area contributed by atoms with Crippen LogP contribution in [0.4, 0.5) is 5.69 Å². The maximum absolute atomic E-state index is 12.3. The zero-order chi connectivity index (χ0) is 15.4. The standard InChI is InChI=1S/C17H17NO3/c1-12-7-9-14(10-8-12)18(2)16(19)11-13-5-3-4-6-15(13)17(20)21/h3-10H,11H2,1-2H3,(H,20,21). The smallest absolute Gasteiger partial charge is 0.335 e. The Morgan fingerprint density at radius 2 is 1.67 bits per heavy atom. The topological polar surface area (TPSA) is 57.6 Å². The molecule has 0 unspecified atom stereocenters. The molecule has 2 aromatic rings. The Labute approximate surface area is 123 Å². The third kappa shape index (κ3) is 3.48. The fourth-order valence-electron chi connectivity index (χ4n) is 2.08. The number of hydrogen-bond acceptors (Lipinski definition) is 2. The van der Waals surface area contributed by atoms with Gasteiger partial charge < -0.3 is 10.0 Å². The summed E-state index contributed by atoms with van der Waals surface area (Å²) < 4.78 is 0. The highest BCUT2D eigenvalue weighted by Gasteiger charge is 2.16. The van der Waals surface area contributed by atoms with Crippen LogP contribution in [-0.2, 0) is 11.2 Å². The van der Waals surface area contributed by atoms with Crippen LogP contribution < -0.4 is 4.90 Å². The molecule has 0 atom stereocenters. The van der Waals surface area contributed by atoms with E-state index in [-0.39, 0.29) is 17.9 Å². The monoisotopic (exact) mass is 283 g/mol. The van der Waals surface area contributed by atoms with Gasteiger partial charge in [-0.1, -0.05) is 35.9 Å². The lowest BCUT2D eigenvalue weighted by Gasteiger charge is -2.18. The Hall–Kier alpha value is -2.62. The van der Waals surface area contributed by atoms with Crippen LogP contribution in [0.3, 0.4) is 0 Å². The molecule has 4 heteroatoms. The molecule has 0 radical (unpaired) electrons. The number of carboxylic acid groups (broad SMARTS) is 1. The third-order valence-electron chi connectivity index (χ3n) is 3.38. The number of likely N-dealkylation sites (N-methyl/N-ethyl adjacent to an activating group) is 1. The first-order valence-corrected chi connectivity index (χ1v) is 6.63. The number of benzene rings is 2. The maximum atomic E-state index is 12.3. The summed E-state index contributed by atoms with van der Waals surface area (Å²) in [6, 6.07) is 14.2. The number of rotatable bonds is 4. The second-order valence-electron chi connectivity index (χ2n) is 4.93. The van der Waals surface area contributed by atoms with Gasteiger partial charge in [0.15, 0.2) is 0 Å². The molecule has 0 aromatic heterocycles. The molecule has 0 heterocycles. The van der Waals surface area contributed by atoms with E-state index in [1.165, 1.54) is 11.0 Å². The second kappa shape index (κ2) is 6.22. The Kier molecular flexibility index (Phi) is 4.38. The summed E-state index contributed by atoms with van der Waals surface area (Å²) in [6.07, 6.45) is 0.0624. The number of nitrogens with zero attached hydrogens (tertiary/aromatic N) is 1. The lowest BCUT2D eigenvalue weighted by molar-refractivity contribution is -0.117. The van der Waals surface area contributed by atoms with Crippen molar-refractivity contribution in [2.75, 3.05) is 11.9 Å². The largest absolute Gasteiger partial charge is 0.478 e. The van der Waals surface area contributed by atoms with E-state index in [0.29, 0.717) is 5.56 Å². The van der Waals surface area contributed by atoms with E-state index in [1.54, 1.807) is 25.2 Å². The lowest BCUT2D eigenvalue weighted by atomic mass is 10.0. The van der Waals surface area contributed by atoms with Crippen molar-refractivity contribution in [1.29, 1.82) is 0 Å². The number of carboxylic acids is 1. The average Bonchev–Trinajstić information content (AvgIpc) is 2.47. The molecule has 0 saturated heterocycles. The van der Waals surface area contributed by atoms with E-state index >= 15 is 0 Å². The summed E-state index contributed by atoms with van der Waals surface area (Å²) in [4.78, 5) is 25.0. The van der Waals surface area contributed by atoms with E-state index < -0.39 is 5.97 Å². The Morgan fingerprint density at radius 1 is 1.05 bits per heavy atom. The maximum Gasteiger partial charge on any atom is 0.335 e. The van der Waals surface area contributed by atoms with Crippen molar-refractivity contribution in [3.8, 4) is 0 Å². The number of amides is 1. The molecule has 4 nitrogen and oxygen atoms in total. The molecule has 0 aliphatic carbocycles. The van der Waals surface area contributed by atoms with Crippen LogP contribution in [-0.4, -0.2) is 24.0 Å². The summed E-state index contributed by atoms with van der Waals surface area (Å²) in [7, 11) is 1.69. The first kappa shape index (κ1) is 14.8. The van der Waals surface area contributed by atoms with Crippen LogP contribution >= 0.6 is 0 Å². The third-order valence-corrected chi connectivity index (χ3v) is 3.38. The zero-order valence-electron chi connectivity index (χ0n) is 12.0. The van der Waals surface area contributed by atoms with E-state index in [0.717, 1.165) is 11.3 Å². The number of hydrogen-bond donors (Lipinski definition) is 1. The average molecular weight is 283 g/mol. The minimum atomic E-state index is -1.02. The van der Waals surface area contributed by atoms with Crippen LogP contribution in [0, 0.1) is 6.92 Å². The van der Waals surface area contributed by atoms with Gasteiger partial charge in [-0.15, -0.1) is 0 Å². The number of carbonyl (C=O) groups is 2. The van der Waals surface area contributed by atoms with Gasteiger partial charge in [0.1, 0.15) is 0 Å². The number of aromatic carboxylic acids is 1. The minimum Gasteiger partial charge on any atom is -0.478 e. The van der Waals surface area contributed by atoms with E-state index in [4.69, 9.17) is 5.11 Å². The molecule has 2 rings (SSSR count). The molecule has 2 aromatic carbocycles. The van der Waals surface area contributed by atoms with Gasteiger partial charge in [0.2, 0.25) is 5.91 Å². The molecule has 21 heavy (non-hydrogen) atoms. The molecular formula is C17H17NO3. The van der Waals surface area contributed by atoms with E-state index in [1.807, 2.05) is 31.2 Å². The number of carbonyl (C=O) groups excluding carboxylic acids is 1. The van der Waals surface area contributed by atoms with Crippen molar-refractivity contribution in [3.05, 3.63) is 65.2 Å². The SMILES string of the molecule is Cc1ccc(N(C)C(=O)Cc2ccccc2C(=O)O)cc1. The van der Waals surface area contributed by atoms with Crippen molar-refractivity contribution in [2.45, 2.75) is 13.3 Å². The summed E-state index contributed by atoms with van der Waals surface area (Å²) in [5.74, 6) is -1.16. The lowest BCUT2D eigenvalue weighted by Crippen LogP contribution is -2.28. The van der Waals surface area contributed by atoms with Gasteiger partial charge in [0, 0.05) is 12.7 Å². The fourth-order valence-corrected chi connectivity index (χ4v) is 2.08. The fraction of sp³-hybridized carbons (Fsp3) is 0.176. The van der Waals surface area contributed by atoms with Gasteiger partial charge in [-0.25, -0.2) is 4.79 Å². The van der Waals surface area contributed by atoms with Gasteiger partial charge in [-0.2, -0.15) is 0 Å². The first-order chi connectivity index (χ1) is 9.99. The molecule has 0 saturated carbocycles. The first-order valence-electron chi connectivity index (χ1n) is 6.63. The molecule has 1 N–H and O–H groups in total. The van der Waals surface area contributed by atoms with Gasteiger partial charge in [-0.05, 0) is 30.7 Å². The Morgan fingerprint density at radius 3 is 2.29 bits per heavy atom. The summed E-state index contributed by atoms with van der Waals surface area (Å²) >= 11 is 0. The highest BCUT2D eigenvalue weighted by molar-refractivity contribution is 5.97. The number of anilines is 1. The number of aryl methyl sites for hydroxylation is 1. The Bertz CT molecular complexity index is 662. The van der Waals surface area contributed by atoms with Crippen LogP contribution in [0.25, 0.3) is 0 Å². The second-order valence-corrected chi connectivity index (χ2v) is 4.93. The van der Waals surface area contributed by atoms with Crippen LogP contribution in [0.2, 0.25) is 0 Å². The Balaban J connectivity index is 2.18. The van der Waals surface area contributed by atoms with Gasteiger partial charge in [-0.3, -0.25) is 4.79 Å². The molecule has 0 aliphatic heterocycles. The summed E-state index contributed by atoms with van der Waals surface area (Å²) in [5.41, 5.74) is 2.60. The predicted octanol–water partition coefficient (Wildman–Crippen LogP) is 2.90. The predicted molar refractivity (Wildman–Crippen MR) is 81.7 cm³/mol. The molecule has 0 spiro atoms. The van der Waals surface area contributed by atoms with Crippen molar-refractivity contribution in [2.24, 2.45) is 0 Å². The molecule has 0 bridgehead atoms. The van der Waals surface area contributed by atoms with Crippen molar-refractivity contribution in [3.63, 3.8) is 0 Å². The zero-order valence-corrected chi connectivity index (χ0v) is 12.0.